The van der Waals surface area contributed by atoms with Gasteiger partial charge in [-0.3, -0.25) is 0 Å². The molecule has 0 bridgehead atoms. The number of hydrogen-bond donors (Lipinski definition) is 0. The fraction of sp³-hybridized carbons (Fsp3) is 0.0172. The van der Waals surface area contributed by atoms with Gasteiger partial charge in [-0.15, -0.1) is 0 Å². The number of nitrogens with zero attached hydrogens (tertiary/aromatic N) is 3. The second-order valence-corrected chi connectivity index (χ2v) is 18.4. The number of benzene rings is 9. The topological polar surface area (TPSA) is 38.7 Å². The van der Waals surface area contributed by atoms with Gasteiger partial charge in [0.2, 0.25) is 0 Å². The minimum Gasteiger partial charge on any atom is -0.0617 e. The van der Waals surface area contributed by atoms with Gasteiger partial charge in [0.15, 0.2) is 0 Å². The molecular weight excluding hydrogens is 818 g/mol. The van der Waals surface area contributed by atoms with E-state index >= 15 is 0 Å². The predicted octanol–water partition coefficient (Wildman–Crippen LogP) is 13.9. The van der Waals surface area contributed by atoms with Crippen LogP contribution in [-0.2, 0) is 5.41 Å². The molecule has 288 valence electrons. The Labute approximate surface area is 365 Å². The zero-order chi connectivity index (χ0) is 40.8. The number of fused-ring (bicyclic) bond motifs is 13. The molecule has 0 unspecified atom stereocenters. The summed E-state index contributed by atoms with van der Waals surface area (Å²) < 4.78 is 2.71. The van der Waals surface area contributed by atoms with Crippen LogP contribution >= 0.6 is 0 Å². The van der Waals surface area contributed by atoms with Crippen molar-refractivity contribution < 1.29 is 0 Å². The second-order valence-electron chi connectivity index (χ2n) is 16.2. The van der Waals surface area contributed by atoms with E-state index in [-0.39, 0.29) is 14.5 Å². The summed E-state index contributed by atoms with van der Waals surface area (Å²) in [5.41, 5.74) is 17.5. The Morgan fingerprint density at radius 1 is 0.290 bits per heavy atom. The van der Waals surface area contributed by atoms with E-state index in [1.54, 1.807) is 0 Å². The second kappa shape index (κ2) is 13.8. The fourth-order valence-corrected chi connectivity index (χ4v) is 12.8. The molecule has 9 aromatic carbocycles. The van der Waals surface area contributed by atoms with Crippen LogP contribution in [0.1, 0.15) is 22.3 Å². The van der Waals surface area contributed by atoms with Gasteiger partial charge in [0.25, 0.3) is 0 Å². The molecule has 0 atom stereocenters. The summed E-state index contributed by atoms with van der Waals surface area (Å²) in [5, 5.41) is 2.59. The van der Waals surface area contributed by atoms with Crippen molar-refractivity contribution in [2.24, 2.45) is 0 Å². The van der Waals surface area contributed by atoms with Crippen molar-refractivity contribution in [2.75, 3.05) is 0 Å². The summed E-state index contributed by atoms with van der Waals surface area (Å²) in [6, 6.07) is 77.0. The summed E-state index contributed by atoms with van der Waals surface area (Å²) in [6.07, 6.45) is 0. The molecule has 0 aliphatic heterocycles. The molecule has 62 heavy (non-hydrogen) atoms. The average Bonchev–Trinajstić information content (AvgIpc) is 3.99. The Hall–Kier alpha value is -7.49. The molecule has 0 amide bonds. The van der Waals surface area contributed by atoms with Crippen molar-refractivity contribution in [1.29, 1.82) is 0 Å². The first kappa shape index (κ1) is 35.3. The molecule has 4 heteroatoms. The van der Waals surface area contributed by atoms with Gasteiger partial charge in [0.05, 0.1) is 0 Å². The number of hydrogen-bond acceptors (Lipinski definition) is 3. The van der Waals surface area contributed by atoms with Gasteiger partial charge in [-0.25, -0.2) is 0 Å². The van der Waals surface area contributed by atoms with Crippen LogP contribution in [0.2, 0.25) is 0 Å². The zero-order valence-electron chi connectivity index (χ0n) is 33.5. The van der Waals surface area contributed by atoms with E-state index < -0.39 is 5.41 Å². The minimum absolute atomic E-state index is 0.121. The Bertz CT molecular complexity index is 3520. The summed E-state index contributed by atoms with van der Waals surface area (Å²) >= 11 is 0.121. The van der Waals surface area contributed by atoms with Gasteiger partial charge in [-0.1, -0.05) is 42.5 Å². The standard InChI is InChI=1S/C58H35N3Se/c1-2-14-36(15-3-1)37-28-30-38(31-29-37)39-32-34-40(35-33-39)55-59-56(61-57(60-55)47-22-12-20-44-43-18-7-11-27-52(43)62-54(44)47)46-21-13-26-51-53(46)45-19-6-10-25-50(45)58(51)48-23-8-4-16-41(48)42-17-5-9-24-49(42)58/h1-35H. The van der Waals surface area contributed by atoms with Crippen LogP contribution in [0.4, 0.5) is 0 Å². The molecule has 0 radical (unpaired) electrons. The van der Waals surface area contributed by atoms with E-state index in [0.29, 0.717) is 17.5 Å². The van der Waals surface area contributed by atoms with Gasteiger partial charge in [-0.2, -0.15) is 0 Å². The van der Waals surface area contributed by atoms with E-state index in [1.807, 2.05) is 0 Å². The van der Waals surface area contributed by atoms with Crippen molar-refractivity contribution in [1.82, 2.24) is 15.0 Å². The normalized spacial score (nSPS) is 13.0. The Morgan fingerprint density at radius 2 is 0.726 bits per heavy atom. The van der Waals surface area contributed by atoms with E-state index in [1.165, 1.54) is 74.9 Å². The van der Waals surface area contributed by atoms with Crippen LogP contribution in [0.15, 0.2) is 212 Å². The Kier molecular flexibility index (Phi) is 7.84. The first-order chi connectivity index (χ1) is 30.7. The van der Waals surface area contributed by atoms with Gasteiger partial charge in [0, 0.05) is 0 Å². The van der Waals surface area contributed by atoms with E-state index in [4.69, 9.17) is 15.0 Å². The summed E-state index contributed by atoms with van der Waals surface area (Å²) in [5.74, 6) is 2.04. The molecule has 11 aromatic rings. The smallest absolute Gasteiger partial charge is 0.0617 e. The van der Waals surface area contributed by atoms with Crippen LogP contribution in [0, 0.1) is 0 Å². The molecule has 2 heterocycles. The van der Waals surface area contributed by atoms with Crippen molar-refractivity contribution in [3.05, 3.63) is 235 Å². The third-order valence-corrected chi connectivity index (χ3v) is 15.6. The van der Waals surface area contributed by atoms with Crippen LogP contribution in [-0.4, -0.2) is 29.5 Å². The van der Waals surface area contributed by atoms with Crippen molar-refractivity contribution >= 4 is 33.8 Å². The Morgan fingerprint density at radius 3 is 1.40 bits per heavy atom. The van der Waals surface area contributed by atoms with Gasteiger partial charge < -0.3 is 0 Å². The van der Waals surface area contributed by atoms with Crippen molar-refractivity contribution in [2.45, 2.75) is 5.41 Å². The summed E-state index contributed by atoms with van der Waals surface area (Å²) in [4.78, 5) is 16.2. The van der Waals surface area contributed by atoms with Crippen LogP contribution < -0.4 is 0 Å². The third-order valence-electron chi connectivity index (χ3n) is 13.0. The molecule has 0 N–H and O–H groups in total. The zero-order valence-corrected chi connectivity index (χ0v) is 35.2. The minimum atomic E-state index is -0.461. The first-order valence-electron chi connectivity index (χ1n) is 21.1. The molecule has 2 aliphatic rings. The van der Waals surface area contributed by atoms with Crippen molar-refractivity contribution in [3.63, 3.8) is 0 Å². The maximum atomic E-state index is 5.48. The van der Waals surface area contributed by atoms with Crippen molar-refractivity contribution in [3.8, 4) is 78.7 Å². The van der Waals surface area contributed by atoms with Gasteiger partial charge in [0.1, 0.15) is 0 Å². The van der Waals surface area contributed by atoms with Crippen LogP contribution in [0.5, 0.6) is 0 Å². The Balaban J connectivity index is 1.01. The number of rotatable bonds is 5. The fourth-order valence-electron chi connectivity index (χ4n) is 10.3. The van der Waals surface area contributed by atoms with Gasteiger partial charge in [-0.05, 0) is 11.1 Å². The van der Waals surface area contributed by atoms with Gasteiger partial charge >= 0.3 is 314 Å². The quantitative estimate of drug-likeness (QED) is 0.162. The molecule has 0 saturated heterocycles. The third kappa shape index (κ3) is 5.15. The van der Waals surface area contributed by atoms with E-state index in [9.17, 15) is 0 Å². The average molecular weight is 853 g/mol. The molecule has 3 nitrogen and oxygen atoms in total. The molecule has 1 spiro atoms. The monoisotopic (exact) mass is 853 g/mol. The summed E-state index contributed by atoms with van der Waals surface area (Å²) in [7, 11) is 0. The van der Waals surface area contributed by atoms with E-state index in [2.05, 4.69) is 212 Å². The van der Waals surface area contributed by atoms with Crippen LogP contribution in [0.3, 0.4) is 0 Å². The molecule has 0 fully saturated rings. The maximum absolute atomic E-state index is 5.48. The van der Waals surface area contributed by atoms with E-state index in [0.717, 1.165) is 27.8 Å². The summed E-state index contributed by atoms with van der Waals surface area (Å²) in [6.45, 7) is 0. The first-order valence-corrected chi connectivity index (χ1v) is 22.8. The molecular formula is C58H35N3Se. The predicted molar refractivity (Wildman–Crippen MR) is 255 cm³/mol. The van der Waals surface area contributed by atoms with Crippen LogP contribution in [0.25, 0.3) is 98.0 Å². The molecule has 13 rings (SSSR count). The molecule has 2 aliphatic carbocycles. The molecule has 2 aromatic heterocycles. The molecule has 0 saturated carbocycles. The SMILES string of the molecule is c1ccc(-c2ccc(-c3ccc(-c4nc(-c5cccc6c5-c5ccccc5C65c6ccccc6-c6ccccc65)nc(-c5cccc6c5[se]c5ccccc56)n4)cc3)cc2)cc1. The number of aromatic nitrogens is 3.